The Kier molecular flexibility index (Phi) is 3.85. The van der Waals surface area contributed by atoms with E-state index in [1.54, 1.807) is 18.3 Å². The summed E-state index contributed by atoms with van der Waals surface area (Å²) in [6.07, 6.45) is 3.06. The van der Waals surface area contributed by atoms with Gasteiger partial charge in [-0.2, -0.15) is 0 Å². The maximum atomic E-state index is 11.0. The van der Waals surface area contributed by atoms with E-state index in [2.05, 4.69) is 20.3 Å². The average Bonchev–Trinajstić information content (AvgIpc) is 3.25. The van der Waals surface area contributed by atoms with Crippen LogP contribution < -0.4 is 5.32 Å². The number of H-pyrrole nitrogens is 1. The van der Waals surface area contributed by atoms with Crippen LogP contribution in [-0.4, -0.2) is 19.9 Å². The Balaban J connectivity index is 1.86. The van der Waals surface area contributed by atoms with E-state index < -0.39 is 11.0 Å². The first-order valence-corrected chi connectivity index (χ1v) is 7.97. The van der Waals surface area contributed by atoms with Gasteiger partial charge in [0.05, 0.1) is 6.07 Å². The third kappa shape index (κ3) is 2.77. The number of aromatic amines is 1. The molecule has 0 radical (unpaired) electrons. The van der Waals surface area contributed by atoms with E-state index >= 15 is 0 Å². The first-order chi connectivity index (χ1) is 12.6. The Hall–Kier alpha value is -3.68. The van der Waals surface area contributed by atoms with Crippen molar-refractivity contribution in [1.29, 1.82) is 0 Å². The Morgan fingerprint density at radius 1 is 1.23 bits per heavy atom. The molecular formula is C18H15N5O3. The number of anilines is 1. The number of benzene rings is 1. The van der Waals surface area contributed by atoms with Crippen LogP contribution in [0, 0.1) is 17.0 Å². The summed E-state index contributed by atoms with van der Waals surface area (Å²) in [5, 5.41) is 15.3. The van der Waals surface area contributed by atoms with Crippen LogP contribution in [0.15, 0.2) is 59.4 Å². The number of nitro groups is 1. The number of fused-ring (bicyclic) bond motifs is 1. The molecule has 2 N–H and O–H groups in total. The zero-order valence-corrected chi connectivity index (χ0v) is 13.8. The standard InChI is InChI=1S/C18H15N5O3/c1-11-17(12-4-2-3-5-13(12)21-11)18(22-15-8-9-19-10-20-15)14-6-7-16(26-14)23(24)25/h2-10,18,21H,1H3,(H,19,20,22). The predicted molar refractivity (Wildman–Crippen MR) is 95.9 cm³/mol. The quantitative estimate of drug-likeness (QED) is 0.417. The number of hydrogen-bond donors (Lipinski definition) is 2. The normalized spacial score (nSPS) is 12.2. The van der Waals surface area contributed by atoms with E-state index in [-0.39, 0.29) is 5.88 Å². The minimum absolute atomic E-state index is 0.299. The van der Waals surface area contributed by atoms with Crippen molar-refractivity contribution < 1.29 is 9.34 Å². The zero-order valence-electron chi connectivity index (χ0n) is 13.8. The lowest BCUT2D eigenvalue weighted by Gasteiger charge is -2.18. The predicted octanol–water partition coefficient (Wildman–Crippen LogP) is 3.97. The lowest BCUT2D eigenvalue weighted by Crippen LogP contribution is -2.13. The van der Waals surface area contributed by atoms with Crippen LogP contribution >= 0.6 is 0 Å². The summed E-state index contributed by atoms with van der Waals surface area (Å²) in [7, 11) is 0. The van der Waals surface area contributed by atoms with Crippen molar-refractivity contribution in [3.63, 3.8) is 0 Å². The lowest BCUT2D eigenvalue weighted by molar-refractivity contribution is -0.402. The summed E-state index contributed by atoms with van der Waals surface area (Å²) in [6.45, 7) is 1.96. The second-order valence-corrected chi connectivity index (χ2v) is 5.81. The van der Waals surface area contributed by atoms with Crippen molar-refractivity contribution in [2.24, 2.45) is 0 Å². The highest BCUT2D eigenvalue weighted by molar-refractivity contribution is 5.86. The number of aromatic nitrogens is 3. The van der Waals surface area contributed by atoms with Gasteiger partial charge < -0.3 is 14.7 Å². The molecule has 1 aromatic carbocycles. The molecule has 26 heavy (non-hydrogen) atoms. The van der Waals surface area contributed by atoms with Crippen LogP contribution in [0.4, 0.5) is 11.7 Å². The molecule has 1 unspecified atom stereocenters. The molecule has 1 atom stereocenters. The highest BCUT2D eigenvalue weighted by Crippen LogP contribution is 2.35. The molecule has 0 fully saturated rings. The van der Waals surface area contributed by atoms with Gasteiger partial charge in [-0.05, 0) is 25.1 Å². The van der Waals surface area contributed by atoms with E-state index in [4.69, 9.17) is 4.42 Å². The van der Waals surface area contributed by atoms with Crippen molar-refractivity contribution >= 4 is 22.6 Å². The van der Waals surface area contributed by atoms with Crippen molar-refractivity contribution in [1.82, 2.24) is 15.0 Å². The Morgan fingerprint density at radius 2 is 2.08 bits per heavy atom. The van der Waals surface area contributed by atoms with Gasteiger partial charge >= 0.3 is 5.88 Å². The lowest BCUT2D eigenvalue weighted by atomic mass is 10.0. The molecule has 4 aromatic rings. The van der Waals surface area contributed by atoms with Crippen molar-refractivity contribution in [3.8, 4) is 0 Å². The summed E-state index contributed by atoms with van der Waals surface area (Å²) in [4.78, 5) is 21.9. The van der Waals surface area contributed by atoms with Crippen molar-refractivity contribution in [2.75, 3.05) is 5.32 Å². The number of hydrogen-bond acceptors (Lipinski definition) is 6. The van der Waals surface area contributed by atoms with Gasteiger partial charge in [0.25, 0.3) is 0 Å². The molecule has 0 spiro atoms. The molecule has 8 heteroatoms. The van der Waals surface area contributed by atoms with Crippen LogP contribution in [-0.2, 0) is 0 Å². The van der Waals surface area contributed by atoms with Gasteiger partial charge in [-0.15, -0.1) is 0 Å². The Bertz CT molecular complexity index is 1070. The second kappa shape index (κ2) is 6.32. The van der Waals surface area contributed by atoms with E-state index in [0.29, 0.717) is 11.6 Å². The van der Waals surface area contributed by atoms with Gasteiger partial charge in [0.2, 0.25) is 0 Å². The Morgan fingerprint density at radius 3 is 2.81 bits per heavy atom. The molecule has 4 rings (SSSR count). The van der Waals surface area contributed by atoms with E-state index in [1.807, 2.05) is 31.2 Å². The first kappa shape index (κ1) is 15.8. The van der Waals surface area contributed by atoms with E-state index in [9.17, 15) is 10.1 Å². The Labute approximate surface area is 148 Å². The number of furan rings is 1. The minimum atomic E-state index is -0.548. The van der Waals surface area contributed by atoms with Crippen molar-refractivity contribution in [2.45, 2.75) is 13.0 Å². The smallest absolute Gasteiger partial charge is 0.403 e. The number of nitrogens with zero attached hydrogens (tertiary/aromatic N) is 3. The van der Waals surface area contributed by atoms with E-state index in [1.165, 1.54) is 12.4 Å². The molecule has 0 bridgehead atoms. The van der Waals surface area contributed by atoms with Crippen LogP contribution in [0.1, 0.15) is 23.1 Å². The molecule has 0 aliphatic carbocycles. The third-order valence-electron chi connectivity index (χ3n) is 4.18. The van der Waals surface area contributed by atoms with Crippen LogP contribution in [0.25, 0.3) is 10.9 Å². The number of rotatable bonds is 5. The minimum Gasteiger partial charge on any atom is -0.403 e. The van der Waals surface area contributed by atoms with Crippen molar-refractivity contribution in [3.05, 3.63) is 82.1 Å². The van der Waals surface area contributed by atoms with Gasteiger partial charge in [0.1, 0.15) is 28.9 Å². The maximum Gasteiger partial charge on any atom is 0.433 e. The monoisotopic (exact) mass is 349 g/mol. The number of para-hydroxylation sites is 1. The fourth-order valence-electron chi connectivity index (χ4n) is 3.08. The average molecular weight is 349 g/mol. The summed E-state index contributed by atoms with van der Waals surface area (Å²) in [5.41, 5.74) is 2.87. The third-order valence-corrected chi connectivity index (χ3v) is 4.18. The molecule has 130 valence electrons. The molecule has 0 amide bonds. The molecule has 3 heterocycles. The van der Waals surface area contributed by atoms with Gasteiger partial charge in [-0.25, -0.2) is 9.97 Å². The maximum absolute atomic E-state index is 11.0. The zero-order chi connectivity index (χ0) is 18.1. The van der Waals surface area contributed by atoms with Crippen LogP contribution in [0.5, 0.6) is 0 Å². The highest BCUT2D eigenvalue weighted by atomic mass is 16.6. The topological polar surface area (TPSA) is 110 Å². The molecule has 0 saturated heterocycles. The fraction of sp³-hybridized carbons (Fsp3) is 0.111. The van der Waals surface area contributed by atoms with Gasteiger partial charge in [-0.3, -0.25) is 10.1 Å². The summed E-state index contributed by atoms with van der Waals surface area (Å²) in [6, 6.07) is 12.1. The molecule has 0 aliphatic rings. The molecule has 8 nitrogen and oxygen atoms in total. The molecule has 0 aliphatic heterocycles. The summed E-state index contributed by atoms with van der Waals surface area (Å²) >= 11 is 0. The van der Waals surface area contributed by atoms with Gasteiger partial charge in [0, 0.05) is 28.4 Å². The SMILES string of the molecule is Cc1[nH]c2ccccc2c1C(Nc1ccncn1)c1ccc([N+](=O)[O-])o1. The molecule has 0 saturated carbocycles. The summed E-state index contributed by atoms with van der Waals surface area (Å²) < 4.78 is 5.49. The second-order valence-electron chi connectivity index (χ2n) is 5.81. The number of aryl methyl sites for hydroxylation is 1. The van der Waals surface area contributed by atoms with Gasteiger partial charge in [0.15, 0.2) is 0 Å². The van der Waals surface area contributed by atoms with Crippen LogP contribution in [0.2, 0.25) is 0 Å². The van der Waals surface area contributed by atoms with Gasteiger partial charge in [-0.1, -0.05) is 18.2 Å². The summed E-state index contributed by atoms with van der Waals surface area (Å²) in [5.74, 6) is 0.726. The van der Waals surface area contributed by atoms with E-state index in [0.717, 1.165) is 22.2 Å². The first-order valence-electron chi connectivity index (χ1n) is 7.97. The largest absolute Gasteiger partial charge is 0.433 e. The van der Waals surface area contributed by atoms with Crippen LogP contribution in [0.3, 0.4) is 0 Å². The molecular weight excluding hydrogens is 334 g/mol. The molecule has 3 aromatic heterocycles. The number of nitrogens with one attached hydrogen (secondary N) is 2. The fourth-order valence-corrected chi connectivity index (χ4v) is 3.08. The highest BCUT2D eigenvalue weighted by Gasteiger charge is 2.26.